The van der Waals surface area contributed by atoms with E-state index in [0.717, 1.165) is 12.0 Å². The normalized spacial score (nSPS) is 40.8. The molecule has 0 aromatic heterocycles. The number of hydrogen-bond donors (Lipinski definition) is 2. The van der Waals surface area contributed by atoms with Gasteiger partial charge >= 0.3 is 0 Å². The van der Waals surface area contributed by atoms with Crippen molar-refractivity contribution in [3.63, 3.8) is 0 Å². The Morgan fingerprint density at radius 2 is 2.10 bits per heavy atom. The van der Waals surface area contributed by atoms with Gasteiger partial charge in [-0.05, 0) is 18.8 Å². The molecule has 2 heteroatoms. The van der Waals surface area contributed by atoms with E-state index in [0.29, 0.717) is 0 Å². The monoisotopic (exact) mass is 139 g/mol. The predicted molar refractivity (Wildman–Crippen MR) is 41.2 cm³/mol. The van der Waals surface area contributed by atoms with Crippen LogP contribution in [0.3, 0.4) is 0 Å². The van der Waals surface area contributed by atoms with Crippen LogP contribution in [0.5, 0.6) is 0 Å². The van der Waals surface area contributed by atoms with Crippen molar-refractivity contribution < 1.29 is 0 Å². The van der Waals surface area contributed by atoms with E-state index in [1.807, 2.05) is 6.67 Å². The SMILES string of the molecule is [CH]1NCC2CCCCC2N1. The van der Waals surface area contributed by atoms with Crippen molar-refractivity contribution in [2.24, 2.45) is 5.92 Å². The summed E-state index contributed by atoms with van der Waals surface area (Å²) in [6.07, 6.45) is 5.65. The highest BCUT2D eigenvalue weighted by Gasteiger charge is 2.26. The van der Waals surface area contributed by atoms with Gasteiger partial charge in [0.2, 0.25) is 0 Å². The third kappa shape index (κ3) is 1.18. The minimum absolute atomic E-state index is 0.787. The molecule has 1 aliphatic heterocycles. The van der Waals surface area contributed by atoms with Gasteiger partial charge in [0.1, 0.15) is 0 Å². The molecule has 0 spiro atoms. The lowest BCUT2D eigenvalue weighted by molar-refractivity contribution is 0.235. The molecule has 2 fully saturated rings. The van der Waals surface area contributed by atoms with Crippen LogP contribution in [0.4, 0.5) is 0 Å². The van der Waals surface area contributed by atoms with Crippen LogP contribution in [0, 0.1) is 12.6 Å². The summed E-state index contributed by atoms with van der Waals surface area (Å²) in [4.78, 5) is 0. The molecular weight excluding hydrogens is 124 g/mol. The zero-order chi connectivity index (χ0) is 6.81. The number of nitrogens with one attached hydrogen (secondary N) is 2. The molecule has 0 bridgehead atoms. The van der Waals surface area contributed by atoms with Gasteiger partial charge in [-0.15, -0.1) is 0 Å². The molecule has 1 aliphatic carbocycles. The lowest BCUT2D eigenvalue weighted by atomic mass is 9.83. The van der Waals surface area contributed by atoms with Crippen LogP contribution >= 0.6 is 0 Å². The van der Waals surface area contributed by atoms with E-state index in [-0.39, 0.29) is 0 Å². The standard InChI is InChI=1S/C8H15N2/c1-2-4-8-7(3-1)5-9-6-10-8/h6-10H,1-5H2. The molecule has 2 aliphatic rings. The summed E-state index contributed by atoms with van der Waals surface area (Å²) in [6.45, 7) is 3.20. The molecule has 1 saturated carbocycles. The van der Waals surface area contributed by atoms with E-state index in [1.54, 1.807) is 0 Å². The summed E-state index contributed by atoms with van der Waals surface area (Å²) >= 11 is 0. The highest BCUT2D eigenvalue weighted by atomic mass is 15.1. The molecule has 2 N–H and O–H groups in total. The summed E-state index contributed by atoms with van der Waals surface area (Å²) in [6, 6.07) is 0.787. The minimum atomic E-state index is 0.787. The molecular formula is C8H15N2. The summed E-state index contributed by atoms with van der Waals surface area (Å²) in [5.74, 6) is 0.902. The van der Waals surface area contributed by atoms with Crippen molar-refractivity contribution in [3.8, 4) is 0 Å². The Morgan fingerprint density at radius 1 is 1.20 bits per heavy atom. The first-order valence-electron chi connectivity index (χ1n) is 4.28. The quantitative estimate of drug-likeness (QED) is 0.520. The fourth-order valence-electron chi connectivity index (χ4n) is 2.05. The van der Waals surface area contributed by atoms with Gasteiger partial charge < -0.3 is 0 Å². The maximum atomic E-state index is 3.38. The zero-order valence-electron chi connectivity index (χ0n) is 6.27. The highest BCUT2D eigenvalue weighted by molar-refractivity contribution is 4.88. The van der Waals surface area contributed by atoms with Gasteiger partial charge in [0.15, 0.2) is 0 Å². The van der Waals surface area contributed by atoms with Gasteiger partial charge in [0.05, 0.1) is 6.67 Å². The van der Waals surface area contributed by atoms with Crippen molar-refractivity contribution in [1.29, 1.82) is 0 Å². The maximum Gasteiger partial charge on any atom is 0.0868 e. The largest absolute Gasteiger partial charge is 0.299 e. The van der Waals surface area contributed by atoms with E-state index >= 15 is 0 Å². The maximum absolute atomic E-state index is 3.38. The Labute approximate surface area is 62.4 Å². The minimum Gasteiger partial charge on any atom is -0.299 e. The smallest absolute Gasteiger partial charge is 0.0868 e. The second-order valence-electron chi connectivity index (χ2n) is 3.37. The van der Waals surface area contributed by atoms with E-state index in [1.165, 1.54) is 32.2 Å². The second-order valence-corrected chi connectivity index (χ2v) is 3.37. The van der Waals surface area contributed by atoms with Gasteiger partial charge in [0.25, 0.3) is 0 Å². The molecule has 1 heterocycles. The third-order valence-corrected chi connectivity index (χ3v) is 2.69. The number of fused-ring (bicyclic) bond motifs is 1. The van der Waals surface area contributed by atoms with Crippen LogP contribution in [-0.2, 0) is 0 Å². The Kier molecular flexibility index (Phi) is 1.91. The van der Waals surface area contributed by atoms with E-state index in [9.17, 15) is 0 Å². The fraction of sp³-hybridized carbons (Fsp3) is 0.875. The average Bonchev–Trinajstić information content (AvgIpc) is 2.05. The van der Waals surface area contributed by atoms with Crippen molar-refractivity contribution in [2.75, 3.05) is 6.54 Å². The lowest BCUT2D eigenvalue weighted by Gasteiger charge is -2.36. The van der Waals surface area contributed by atoms with Crippen LogP contribution in [0.1, 0.15) is 25.7 Å². The molecule has 2 unspecified atom stereocenters. The zero-order valence-corrected chi connectivity index (χ0v) is 6.27. The van der Waals surface area contributed by atoms with Crippen molar-refractivity contribution in [3.05, 3.63) is 6.67 Å². The number of hydrogen-bond acceptors (Lipinski definition) is 2. The Hall–Kier alpha value is -0.0800. The molecule has 0 amide bonds. The fourth-order valence-corrected chi connectivity index (χ4v) is 2.05. The average molecular weight is 139 g/mol. The van der Waals surface area contributed by atoms with E-state index in [4.69, 9.17) is 0 Å². The lowest BCUT2D eigenvalue weighted by Crippen LogP contribution is -2.49. The van der Waals surface area contributed by atoms with Gasteiger partial charge in [-0.3, -0.25) is 10.6 Å². The van der Waals surface area contributed by atoms with Gasteiger partial charge in [0, 0.05) is 12.6 Å². The highest BCUT2D eigenvalue weighted by Crippen LogP contribution is 2.25. The molecule has 0 aromatic carbocycles. The summed E-state index contributed by atoms with van der Waals surface area (Å²) in [7, 11) is 0. The molecule has 57 valence electrons. The summed E-state index contributed by atoms with van der Waals surface area (Å²) < 4.78 is 0. The molecule has 1 saturated heterocycles. The van der Waals surface area contributed by atoms with Crippen molar-refractivity contribution >= 4 is 0 Å². The molecule has 2 rings (SSSR count). The predicted octanol–water partition coefficient (Wildman–Crippen LogP) is 0.857. The van der Waals surface area contributed by atoms with Gasteiger partial charge in [-0.2, -0.15) is 0 Å². The Bertz CT molecular complexity index is 87.8. The molecule has 2 atom stereocenters. The van der Waals surface area contributed by atoms with Crippen LogP contribution in [0.25, 0.3) is 0 Å². The molecule has 10 heavy (non-hydrogen) atoms. The number of rotatable bonds is 0. The first kappa shape index (κ1) is 6.62. The second kappa shape index (κ2) is 2.89. The van der Waals surface area contributed by atoms with Crippen LogP contribution < -0.4 is 10.6 Å². The first-order chi connectivity index (χ1) is 4.97. The van der Waals surface area contributed by atoms with Crippen LogP contribution in [0.15, 0.2) is 0 Å². The van der Waals surface area contributed by atoms with Crippen molar-refractivity contribution in [1.82, 2.24) is 10.6 Å². The van der Waals surface area contributed by atoms with Crippen molar-refractivity contribution in [2.45, 2.75) is 31.7 Å². The van der Waals surface area contributed by atoms with Gasteiger partial charge in [-0.1, -0.05) is 12.8 Å². The molecule has 0 aromatic rings. The third-order valence-electron chi connectivity index (χ3n) is 2.69. The Morgan fingerprint density at radius 3 is 3.00 bits per heavy atom. The summed E-state index contributed by atoms with van der Waals surface area (Å²) in [5, 5.41) is 6.63. The van der Waals surface area contributed by atoms with E-state index < -0.39 is 0 Å². The van der Waals surface area contributed by atoms with E-state index in [2.05, 4.69) is 10.6 Å². The molecule has 1 radical (unpaired) electrons. The molecule has 2 nitrogen and oxygen atoms in total. The van der Waals surface area contributed by atoms with Crippen LogP contribution in [0.2, 0.25) is 0 Å². The topological polar surface area (TPSA) is 24.1 Å². The summed E-state index contributed by atoms with van der Waals surface area (Å²) in [5.41, 5.74) is 0. The van der Waals surface area contributed by atoms with Gasteiger partial charge in [-0.25, -0.2) is 0 Å². The Balaban J connectivity index is 1.93. The first-order valence-corrected chi connectivity index (χ1v) is 4.28. The van der Waals surface area contributed by atoms with Crippen LogP contribution in [-0.4, -0.2) is 12.6 Å².